The van der Waals surface area contributed by atoms with Gasteiger partial charge in [0.2, 0.25) is 5.91 Å². The van der Waals surface area contributed by atoms with E-state index >= 15 is 0 Å². The fraction of sp³-hybridized carbons (Fsp3) is 0.933. The molecule has 0 saturated carbocycles. The molecule has 3 rings (SSSR count). The number of piperazine rings is 1. The van der Waals surface area contributed by atoms with Crippen molar-refractivity contribution < 1.29 is 17.9 Å². The zero-order valence-corrected chi connectivity index (χ0v) is 15.0. The van der Waals surface area contributed by atoms with Crippen LogP contribution < -0.4 is 5.32 Å². The number of nitrogens with zero attached hydrogens (tertiary/aromatic N) is 3. The van der Waals surface area contributed by atoms with E-state index in [-0.39, 0.29) is 12.0 Å². The molecule has 3 saturated heterocycles. The Bertz CT molecular complexity index is 522. The van der Waals surface area contributed by atoms with Crippen LogP contribution in [0.4, 0.5) is 0 Å². The maximum absolute atomic E-state index is 12.5. The largest absolute Gasteiger partial charge is 0.376 e. The predicted molar refractivity (Wildman–Crippen MR) is 89.7 cm³/mol. The van der Waals surface area contributed by atoms with Gasteiger partial charge in [0.15, 0.2) is 0 Å². The average Bonchev–Trinajstić information content (AvgIpc) is 3.27. The van der Waals surface area contributed by atoms with Gasteiger partial charge in [-0.25, -0.2) is 0 Å². The van der Waals surface area contributed by atoms with Crippen LogP contribution in [-0.4, -0.2) is 92.9 Å². The van der Waals surface area contributed by atoms with Crippen LogP contribution in [0.25, 0.3) is 0 Å². The quantitative estimate of drug-likeness (QED) is 0.673. The molecule has 0 aromatic heterocycles. The second-order valence-corrected chi connectivity index (χ2v) is 8.66. The second kappa shape index (κ2) is 8.09. The second-order valence-electron chi connectivity index (χ2n) is 6.73. The lowest BCUT2D eigenvalue weighted by atomic mass is 10.2. The molecule has 1 atom stereocenters. The highest BCUT2D eigenvalue weighted by molar-refractivity contribution is 7.86. The number of nitrogens with one attached hydrogen (secondary N) is 1. The van der Waals surface area contributed by atoms with Gasteiger partial charge in [0.05, 0.1) is 12.6 Å². The number of hydrogen-bond acceptors (Lipinski definition) is 5. The van der Waals surface area contributed by atoms with Crippen molar-refractivity contribution in [1.82, 2.24) is 18.8 Å². The van der Waals surface area contributed by atoms with Crippen LogP contribution in [0.1, 0.15) is 25.7 Å². The van der Waals surface area contributed by atoms with E-state index in [1.54, 1.807) is 8.61 Å². The lowest BCUT2D eigenvalue weighted by Crippen LogP contribution is -2.54. The summed E-state index contributed by atoms with van der Waals surface area (Å²) in [6.07, 6.45) is 4.12. The molecule has 0 aromatic rings. The Morgan fingerprint density at radius 2 is 1.67 bits per heavy atom. The molecule has 24 heavy (non-hydrogen) atoms. The molecule has 0 radical (unpaired) electrons. The summed E-state index contributed by atoms with van der Waals surface area (Å²) < 4.78 is 33.6. The van der Waals surface area contributed by atoms with Gasteiger partial charge in [-0.1, -0.05) is 0 Å². The Hall–Kier alpha value is -0.740. The van der Waals surface area contributed by atoms with Crippen molar-refractivity contribution in [3.8, 4) is 0 Å². The van der Waals surface area contributed by atoms with Crippen molar-refractivity contribution >= 4 is 16.1 Å². The maximum atomic E-state index is 12.5. The number of amides is 1. The van der Waals surface area contributed by atoms with Gasteiger partial charge in [-0.15, -0.1) is 0 Å². The van der Waals surface area contributed by atoms with E-state index in [1.165, 1.54) is 0 Å². The molecule has 0 bridgehead atoms. The number of carbonyl (C=O) groups excluding carboxylic acids is 1. The van der Waals surface area contributed by atoms with Gasteiger partial charge in [-0.05, 0) is 25.7 Å². The standard InChI is InChI=1S/C15H28N4O4S/c20-15(16-12-14-4-3-11-23-14)13-17-7-9-19(10-8-17)24(21,22)18-5-1-2-6-18/h14H,1-13H2,(H,16,20)/t14-/m1/s1. The Balaban J connectivity index is 1.39. The summed E-state index contributed by atoms with van der Waals surface area (Å²) >= 11 is 0. The summed E-state index contributed by atoms with van der Waals surface area (Å²) in [5, 5.41) is 2.91. The first-order valence-electron chi connectivity index (χ1n) is 8.91. The number of hydrogen-bond donors (Lipinski definition) is 1. The van der Waals surface area contributed by atoms with Crippen LogP contribution in [0.5, 0.6) is 0 Å². The first-order valence-corrected chi connectivity index (χ1v) is 10.3. The first kappa shape index (κ1) is 18.1. The minimum atomic E-state index is -3.31. The van der Waals surface area contributed by atoms with Gasteiger partial charge >= 0.3 is 0 Å². The Morgan fingerprint density at radius 3 is 2.29 bits per heavy atom. The smallest absolute Gasteiger partial charge is 0.282 e. The molecule has 8 nitrogen and oxygen atoms in total. The van der Waals surface area contributed by atoms with Crippen LogP contribution >= 0.6 is 0 Å². The molecule has 1 N–H and O–H groups in total. The van der Waals surface area contributed by atoms with Crippen molar-refractivity contribution in [2.24, 2.45) is 0 Å². The number of rotatable bonds is 6. The maximum Gasteiger partial charge on any atom is 0.282 e. The fourth-order valence-electron chi connectivity index (χ4n) is 3.49. The van der Waals surface area contributed by atoms with Crippen LogP contribution in [0.15, 0.2) is 0 Å². The highest BCUT2D eigenvalue weighted by atomic mass is 32.2. The van der Waals surface area contributed by atoms with E-state index in [1.807, 2.05) is 4.90 Å². The Kier molecular flexibility index (Phi) is 6.09. The van der Waals surface area contributed by atoms with Gasteiger partial charge < -0.3 is 10.1 Å². The van der Waals surface area contributed by atoms with E-state index in [4.69, 9.17) is 4.74 Å². The van der Waals surface area contributed by atoms with E-state index in [0.29, 0.717) is 52.4 Å². The first-order chi connectivity index (χ1) is 11.6. The summed E-state index contributed by atoms with van der Waals surface area (Å²) in [6, 6.07) is 0. The molecule has 3 fully saturated rings. The normalized spacial score (nSPS) is 27.6. The third-order valence-electron chi connectivity index (χ3n) is 4.97. The van der Waals surface area contributed by atoms with Crippen molar-refractivity contribution in [2.45, 2.75) is 31.8 Å². The molecule has 0 aromatic carbocycles. The monoisotopic (exact) mass is 360 g/mol. The zero-order valence-electron chi connectivity index (χ0n) is 14.2. The van der Waals surface area contributed by atoms with Crippen molar-refractivity contribution in [3.05, 3.63) is 0 Å². The number of carbonyl (C=O) groups is 1. The highest BCUT2D eigenvalue weighted by Crippen LogP contribution is 2.18. The molecule has 0 aliphatic carbocycles. The average molecular weight is 360 g/mol. The van der Waals surface area contributed by atoms with E-state index < -0.39 is 10.2 Å². The van der Waals surface area contributed by atoms with E-state index in [9.17, 15) is 13.2 Å². The van der Waals surface area contributed by atoms with Crippen molar-refractivity contribution in [3.63, 3.8) is 0 Å². The number of ether oxygens (including phenoxy) is 1. The van der Waals surface area contributed by atoms with Crippen LogP contribution in [-0.2, 0) is 19.7 Å². The Labute approximate surface area is 144 Å². The Morgan fingerprint density at radius 1 is 1.00 bits per heavy atom. The molecule has 138 valence electrons. The molecule has 9 heteroatoms. The van der Waals surface area contributed by atoms with Gasteiger partial charge in [-0.3, -0.25) is 9.69 Å². The highest BCUT2D eigenvalue weighted by Gasteiger charge is 2.34. The van der Waals surface area contributed by atoms with Gasteiger partial charge in [0, 0.05) is 52.4 Å². The van der Waals surface area contributed by atoms with Crippen LogP contribution in [0, 0.1) is 0 Å². The molecule has 0 unspecified atom stereocenters. The predicted octanol–water partition coefficient (Wildman–Crippen LogP) is -0.760. The molecule has 3 aliphatic rings. The third kappa shape index (κ3) is 4.45. The van der Waals surface area contributed by atoms with Gasteiger partial charge in [0.1, 0.15) is 0 Å². The zero-order chi connectivity index (χ0) is 17.0. The minimum absolute atomic E-state index is 0.0126. The summed E-state index contributed by atoms with van der Waals surface area (Å²) in [7, 11) is -3.31. The van der Waals surface area contributed by atoms with Crippen molar-refractivity contribution in [2.75, 3.05) is 59.0 Å². The summed E-state index contributed by atoms with van der Waals surface area (Å²) in [5.41, 5.74) is 0. The summed E-state index contributed by atoms with van der Waals surface area (Å²) in [5.74, 6) is -0.0126. The van der Waals surface area contributed by atoms with Crippen molar-refractivity contribution in [1.29, 1.82) is 0 Å². The fourth-order valence-corrected chi connectivity index (χ4v) is 5.16. The molecule has 3 aliphatic heterocycles. The van der Waals surface area contributed by atoms with E-state index in [0.717, 1.165) is 32.3 Å². The van der Waals surface area contributed by atoms with Crippen LogP contribution in [0.2, 0.25) is 0 Å². The van der Waals surface area contributed by atoms with Gasteiger partial charge in [0.25, 0.3) is 10.2 Å². The molecular weight excluding hydrogens is 332 g/mol. The topological polar surface area (TPSA) is 82.2 Å². The van der Waals surface area contributed by atoms with E-state index in [2.05, 4.69) is 5.32 Å². The molecule has 0 spiro atoms. The summed E-state index contributed by atoms with van der Waals surface area (Å²) in [6.45, 7) is 5.05. The summed E-state index contributed by atoms with van der Waals surface area (Å²) in [4.78, 5) is 14.0. The minimum Gasteiger partial charge on any atom is -0.376 e. The molecule has 3 heterocycles. The van der Waals surface area contributed by atoms with Crippen LogP contribution in [0.3, 0.4) is 0 Å². The molecular formula is C15H28N4O4S. The molecule has 1 amide bonds. The van der Waals surface area contributed by atoms with Gasteiger partial charge in [-0.2, -0.15) is 17.0 Å². The lowest BCUT2D eigenvalue weighted by Gasteiger charge is -2.35. The SMILES string of the molecule is O=C(CN1CCN(S(=O)(=O)N2CCCC2)CC1)NC[C@H]1CCCO1. The lowest BCUT2D eigenvalue weighted by molar-refractivity contribution is -0.123. The third-order valence-corrected chi connectivity index (χ3v) is 7.00.